The third kappa shape index (κ3) is 3.16. The van der Waals surface area contributed by atoms with Crippen LogP contribution in [0.25, 0.3) is 10.2 Å². The summed E-state index contributed by atoms with van der Waals surface area (Å²) >= 11 is 3.28. The second kappa shape index (κ2) is 6.74. The standard InChI is InChI=1S/C17H19N5S2/c1-11-12(2)23-15-14(11)16(24-17-18-6-5-7-19-17)21-13(20-15)10-22-8-3-4-9-22/h5-7H,3-4,8-10H2,1-2H3. The molecular formula is C17H19N5S2. The molecule has 24 heavy (non-hydrogen) atoms. The molecule has 0 atom stereocenters. The molecule has 124 valence electrons. The van der Waals surface area contributed by atoms with Crippen molar-refractivity contribution in [1.82, 2.24) is 24.8 Å². The number of hydrogen-bond acceptors (Lipinski definition) is 7. The molecule has 1 aliphatic heterocycles. The van der Waals surface area contributed by atoms with Crippen LogP contribution in [0.4, 0.5) is 0 Å². The molecule has 7 heteroatoms. The van der Waals surface area contributed by atoms with E-state index in [2.05, 4.69) is 28.7 Å². The fourth-order valence-electron chi connectivity index (χ4n) is 2.96. The minimum Gasteiger partial charge on any atom is -0.296 e. The predicted octanol–water partition coefficient (Wildman–Crippen LogP) is 3.85. The SMILES string of the molecule is Cc1sc2nc(CN3CCCC3)nc(Sc3ncccn3)c2c1C. The highest BCUT2D eigenvalue weighted by atomic mass is 32.2. The molecule has 3 aromatic heterocycles. The number of fused-ring (bicyclic) bond motifs is 1. The molecule has 1 saturated heterocycles. The van der Waals surface area contributed by atoms with Crippen LogP contribution in [0.1, 0.15) is 29.1 Å². The highest BCUT2D eigenvalue weighted by molar-refractivity contribution is 7.99. The highest BCUT2D eigenvalue weighted by Crippen LogP contribution is 2.37. The molecule has 0 aliphatic carbocycles. The summed E-state index contributed by atoms with van der Waals surface area (Å²) in [5.74, 6) is 0.907. The molecule has 0 amide bonds. The lowest BCUT2D eigenvalue weighted by molar-refractivity contribution is 0.322. The third-order valence-corrected chi connectivity index (χ3v) is 6.32. The maximum atomic E-state index is 4.87. The summed E-state index contributed by atoms with van der Waals surface area (Å²) in [5.41, 5.74) is 1.26. The quantitative estimate of drug-likeness (QED) is 0.522. The molecule has 4 heterocycles. The fourth-order valence-corrected chi connectivity index (χ4v) is 4.98. The molecule has 0 unspecified atom stereocenters. The number of nitrogens with zero attached hydrogens (tertiary/aromatic N) is 5. The van der Waals surface area contributed by atoms with E-state index in [1.165, 1.54) is 35.0 Å². The van der Waals surface area contributed by atoms with E-state index >= 15 is 0 Å². The Morgan fingerprint density at radius 1 is 1.12 bits per heavy atom. The summed E-state index contributed by atoms with van der Waals surface area (Å²) in [6.07, 6.45) is 6.09. The molecule has 1 aliphatic rings. The van der Waals surface area contributed by atoms with Gasteiger partial charge in [-0.2, -0.15) is 0 Å². The van der Waals surface area contributed by atoms with E-state index in [0.29, 0.717) is 0 Å². The second-order valence-corrected chi connectivity index (χ2v) is 8.18. The smallest absolute Gasteiger partial charge is 0.193 e. The minimum atomic E-state index is 0.730. The molecule has 0 radical (unpaired) electrons. The lowest BCUT2D eigenvalue weighted by Crippen LogP contribution is -2.20. The number of aromatic nitrogens is 4. The van der Waals surface area contributed by atoms with Gasteiger partial charge in [-0.15, -0.1) is 11.3 Å². The Morgan fingerprint density at radius 3 is 2.62 bits per heavy atom. The lowest BCUT2D eigenvalue weighted by atomic mass is 10.2. The van der Waals surface area contributed by atoms with E-state index in [0.717, 1.165) is 45.9 Å². The lowest BCUT2D eigenvalue weighted by Gasteiger charge is -2.14. The molecule has 5 nitrogen and oxygen atoms in total. The van der Waals surface area contributed by atoms with Gasteiger partial charge in [0.15, 0.2) is 5.16 Å². The summed E-state index contributed by atoms with van der Waals surface area (Å²) in [4.78, 5) is 23.2. The van der Waals surface area contributed by atoms with Crippen molar-refractivity contribution < 1.29 is 0 Å². The molecule has 3 aromatic rings. The van der Waals surface area contributed by atoms with Gasteiger partial charge < -0.3 is 0 Å². The first-order valence-corrected chi connectivity index (χ1v) is 9.78. The van der Waals surface area contributed by atoms with Crippen molar-refractivity contribution in [3.05, 3.63) is 34.7 Å². The number of thiophene rings is 1. The van der Waals surface area contributed by atoms with Gasteiger partial charge in [0.2, 0.25) is 0 Å². The average Bonchev–Trinajstić information content (AvgIpc) is 3.17. The highest BCUT2D eigenvalue weighted by Gasteiger charge is 2.19. The summed E-state index contributed by atoms with van der Waals surface area (Å²) < 4.78 is 0. The van der Waals surface area contributed by atoms with Gasteiger partial charge in [-0.1, -0.05) is 0 Å². The predicted molar refractivity (Wildman–Crippen MR) is 97.6 cm³/mol. The Hall–Kier alpha value is -1.57. The van der Waals surface area contributed by atoms with Crippen molar-refractivity contribution in [2.45, 2.75) is 43.4 Å². The van der Waals surface area contributed by atoms with Gasteiger partial charge in [-0.3, -0.25) is 4.90 Å². The van der Waals surface area contributed by atoms with Crippen molar-refractivity contribution >= 4 is 33.3 Å². The first-order chi connectivity index (χ1) is 11.7. The first kappa shape index (κ1) is 15.9. The van der Waals surface area contributed by atoms with E-state index in [-0.39, 0.29) is 0 Å². The molecule has 4 rings (SSSR count). The van der Waals surface area contributed by atoms with Gasteiger partial charge >= 0.3 is 0 Å². The average molecular weight is 358 g/mol. The van der Waals surface area contributed by atoms with Crippen LogP contribution in [-0.4, -0.2) is 37.9 Å². The van der Waals surface area contributed by atoms with Crippen LogP contribution in [0.2, 0.25) is 0 Å². The molecule has 0 N–H and O–H groups in total. The molecular weight excluding hydrogens is 338 g/mol. The van der Waals surface area contributed by atoms with Gasteiger partial charge in [-0.05, 0) is 63.2 Å². The summed E-state index contributed by atoms with van der Waals surface area (Å²) in [6, 6.07) is 1.83. The second-order valence-electron chi connectivity index (χ2n) is 6.03. The number of hydrogen-bond donors (Lipinski definition) is 0. The van der Waals surface area contributed by atoms with Crippen LogP contribution in [-0.2, 0) is 6.54 Å². The minimum absolute atomic E-state index is 0.730. The zero-order valence-electron chi connectivity index (χ0n) is 13.8. The number of aryl methyl sites for hydroxylation is 2. The van der Waals surface area contributed by atoms with E-state index in [4.69, 9.17) is 9.97 Å². The van der Waals surface area contributed by atoms with Gasteiger partial charge in [-0.25, -0.2) is 19.9 Å². The van der Waals surface area contributed by atoms with Crippen LogP contribution in [0, 0.1) is 13.8 Å². The van der Waals surface area contributed by atoms with Gasteiger partial charge in [0.05, 0.1) is 6.54 Å². The molecule has 0 saturated carbocycles. The first-order valence-electron chi connectivity index (χ1n) is 8.14. The normalized spacial score (nSPS) is 15.4. The van der Waals surface area contributed by atoms with Crippen molar-refractivity contribution in [2.75, 3.05) is 13.1 Å². The summed E-state index contributed by atoms with van der Waals surface area (Å²) in [6.45, 7) is 7.42. The molecule has 0 aromatic carbocycles. The number of rotatable bonds is 4. The van der Waals surface area contributed by atoms with Crippen molar-refractivity contribution in [3.63, 3.8) is 0 Å². The third-order valence-electron chi connectivity index (χ3n) is 4.34. The Bertz CT molecular complexity index is 856. The summed E-state index contributed by atoms with van der Waals surface area (Å²) in [5, 5.41) is 2.86. The maximum Gasteiger partial charge on any atom is 0.193 e. The molecule has 0 bridgehead atoms. The Balaban J connectivity index is 1.76. The zero-order chi connectivity index (χ0) is 16.5. The topological polar surface area (TPSA) is 54.8 Å². The van der Waals surface area contributed by atoms with E-state index in [1.807, 2.05) is 6.07 Å². The zero-order valence-corrected chi connectivity index (χ0v) is 15.5. The van der Waals surface area contributed by atoms with Crippen LogP contribution < -0.4 is 0 Å². The van der Waals surface area contributed by atoms with Gasteiger partial charge in [0, 0.05) is 22.7 Å². The van der Waals surface area contributed by atoms with Crippen LogP contribution in [0.3, 0.4) is 0 Å². The van der Waals surface area contributed by atoms with E-state index in [1.54, 1.807) is 23.7 Å². The monoisotopic (exact) mass is 357 g/mol. The van der Waals surface area contributed by atoms with Crippen molar-refractivity contribution in [1.29, 1.82) is 0 Å². The van der Waals surface area contributed by atoms with Gasteiger partial charge in [0.1, 0.15) is 15.7 Å². The number of likely N-dealkylation sites (tertiary alicyclic amines) is 1. The Morgan fingerprint density at radius 2 is 1.88 bits per heavy atom. The van der Waals surface area contributed by atoms with Crippen molar-refractivity contribution in [2.24, 2.45) is 0 Å². The van der Waals surface area contributed by atoms with E-state index in [9.17, 15) is 0 Å². The van der Waals surface area contributed by atoms with E-state index < -0.39 is 0 Å². The Kier molecular flexibility index (Phi) is 4.47. The fraction of sp³-hybridized carbons (Fsp3) is 0.412. The van der Waals surface area contributed by atoms with Crippen LogP contribution in [0.15, 0.2) is 28.6 Å². The largest absolute Gasteiger partial charge is 0.296 e. The molecule has 1 fully saturated rings. The molecule has 0 spiro atoms. The Labute approximate surface area is 149 Å². The van der Waals surface area contributed by atoms with Crippen molar-refractivity contribution in [3.8, 4) is 0 Å². The maximum absolute atomic E-state index is 4.87. The van der Waals surface area contributed by atoms with Crippen LogP contribution in [0.5, 0.6) is 0 Å². The summed E-state index contributed by atoms with van der Waals surface area (Å²) in [7, 11) is 0. The van der Waals surface area contributed by atoms with Crippen LogP contribution >= 0.6 is 23.1 Å². The van der Waals surface area contributed by atoms with Gasteiger partial charge in [0.25, 0.3) is 0 Å².